The third-order valence-electron chi connectivity index (χ3n) is 5.25. The average Bonchev–Trinajstić information content (AvgIpc) is 2.72. The van der Waals surface area contributed by atoms with Crippen molar-refractivity contribution in [2.24, 2.45) is 0 Å². The molecule has 0 saturated carbocycles. The zero-order valence-electron chi connectivity index (χ0n) is 20.7. The van der Waals surface area contributed by atoms with Crippen LogP contribution in [0.5, 0.6) is 0 Å². The van der Waals surface area contributed by atoms with Crippen LogP contribution in [-0.2, 0) is 23.0 Å². The van der Waals surface area contributed by atoms with E-state index in [-0.39, 0.29) is 13.2 Å². The Kier molecular flexibility index (Phi) is 18.0. The molecule has 0 aromatic rings. The number of carbonyl (C=O) groups excluding carboxylic acids is 1. The van der Waals surface area contributed by atoms with Crippen LogP contribution in [0.2, 0.25) is 0 Å². The van der Waals surface area contributed by atoms with Crippen molar-refractivity contribution in [1.29, 1.82) is 0 Å². The maximum atomic E-state index is 13.7. The van der Waals surface area contributed by atoms with E-state index in [9.17, 15) is 23.7 Å². The third kappa shape index (κ3) is 12.9. The summed E-state index contributed by atoms with van der Waals surface area (Å²) in [6.07, 6.45) is 9.92. The van der Waals surface area contributed by atoms with Gasteiger partial charge in [-0.1, -0.05) is 79.1 Å². The van der Waals surface area contributed by atoms with Crippen LogP contribution < -0.4 is 0 Å². The maximum absolute atomic E-state index is 13.7. The van der Waals surface area contributed by atoms with Crippen LogP contribution in [0.4, 0.5) is 0 Å². The highest BCUT2D eigenvalue weighted by Crippen LogP contribution is 2.66. The monoisotopic (exact) mass is 499 g/mol. The Bertz CT molecular complexity index is 557. The number of hydrogen-bond donors (Lipinski definition) is 2. The topological polar surface area (TPSA) is 113 Å². The van der Waals surface area contributed by atoms with Gasteiger partial charge in [0.15, 0.2) is 0 Å². The summed E-state index contributed by atoms with van der Waals surface area (Å²) in [5, 5.41) is -2.11. The minimum atomic E-state index is -5.10. The molecule has 0 radical (unpaired) electrons. The lowest BCUT2D eigenvalue weighted by Crippen LogP contribution is -2.41. The Labute approximate surface area is 195 Å². The van der Waals surface area contributed by atoms with E-state index in [1.54, 1.807) is 0 Å². The van der Waals surface area contributed by atoms with E-state index in [4.69, 9.17) is 9.05 Å². The van der Waals surface area contributed by atoms with Crippen LogP contribution in [0.1, 0.15) is 105 Å². The van der Waals surface area contributed by atoms with Crippen molar-refractivity contribution in [3.8, 4) is 0 Å². The Balaban J connectivity index is 5.72. The molecule has 8 nitrogen and oxygen atoms in total. The second kappa shape index (κ2) is 18.1. The first-order valence-corrected chi connectivity index (χ1v) is 15.7. The summed E-state index contributed by atoms with van der Waals surface area (Å²) in [5.41, 5.74) is 0. The predicted octanol–water partition coefficient (Wildman–Crippen LogP) is 6.31. The van der Waals surface area contributed by atoms with Gasteiger partial charge in [0.05, 0.1) is 13.2 Å². The smallest absolute Gasteiger partial charge is 0.341 e. The molecule has 192 valence electrons. The van der Waals surface area contributed by atoms with Crippen LogP contribution in [0, 0.1) is 0 Å². The molecule has 10 heteroatoms. The van der Waals surface area contributed by atoms with Gasteiger partial charge in [-0.05, 0) is 25.7 Å². The molecule has 0 bridgehead atoms. The van der Waals surface area contributed by atoms with Gasteiger partial charge in [0.1, 0.15) is 0 Å². The maximum Gasteiger partial charge on any atom is 0.355 e. The van der Waals surface area contributed by atoms with Crippen LogP contribution in [0.25, 0.3) is 0 Å². The van der Waals surface area contributed by atoms with E-state index >= 15 is 0 Å². The van der Waals surface area contributed by atoms with Crippen molar-refractivity contribution in [3.05, 3.63) is 0 Å². The molecule has 0 aliphatic heterocycles. The van der Waals surface area contributed by atoms with Crippen molar-refractivity contribution in [2.45, 2.75) is 110 Å². The molecule has 0 saturated heterocycles. The highest BCUT2D eigenvalue weighted by molar-refractivity contribution is 7.73. The van der Waals surface area contributed by atoms with Gasteiger partial charge in [-0.25, -0.2) is 0 Å². The zero-order chi connectivity index (χ0) is 24.5. The largest absolute Gasteiger partial charge is 0.355 e. The lowest BCUT2D eigenvalue weighted by Gasteiger charge is -2.31. The summed E-state index contributed by atoms with van der Waals surface area (Å²) >= 11 is 0. The van der Waals surface area contributed by atoms with E-state index in [1.807, 2.05) is 13.8 Å². The minimum absolute atomic E-state index is 0.0416. The quantitative estimate of drug-likeness (QED) is 0.141. The van der Waals surface area contributed by atoms with E-state index < -0.39 is 26.5 Å². The number of rotatable bonds is 21. The molecule has 0 aliphatic rings. The predicted molar refractivity (Wildman–Crippen MR) is 130 cm³/mol. The van der Waals surface area contributed by atoms with Crippen molar-refractivity contribution >= 4 is 21.1 Å². The highest BCUT2D eigenvalue weighted by Gasteiger charge is 2.54. The molecule has 0 rings (SSSR count). The number of amides is 1. The lowest BCUT2D eigenvalue weighted by atomic mass is 10.2. The first-order chi connectivity index (χ1) is 15.2. The fourth-order valence-electron chi connectivity index (χ4n) is 3.28. The lowest BCUT2D eigenvalue weighted by molar-refractivity contribution is -0.130. The normalized spacial score (nSPS) is 13.3. The summed E-state index contributed by atoms with van der Waals surface area (Å²) < 4.78 is 37.3. The number of hydrogen-bond acceptors (Lipinski definition) is 5. The van der Waals surface area contributed by atoms with E-state index in [2.05, 4.69) is 13.8 Å². The molecule has 0 heterocycles. The number of unbranched alkanes of at least 4 members (excludes halogenated alkanes) is 8. The summed E-state index contributed by atoms with van der Waals surface area (Å²) in [7, 11) is -9.48. The van der Waals surface area contributed by atoms with Crippen LogP contribution >= 0.6 is 15.2 Å². The Morgan fingerprint density at radius 1 is 0.719 bits per heavy atom. The SMILES string of the molecule is CCCCCCOP(=O)(OCCCCCC)C(C(=O)N(CCCC)CCCC)P(=O)(O)O. The molecular weight excluding hydrogens is 452 g/mol. The van der Waals surface area contributed by atoms with Crippen LogP contribution in [0.15, 0.2) is 0 Å². The molecule has 0 spiro atoms. The molecule has 0 aromatic heterocycles. The van der Waals surface area contributed by atoms with Gasteiger partial charge >= 0.3 is 15.2 Å². The van der Waals surface area contributed by atoms with Gasteiger partial charge in [0.25, 0.3) is 0 Å². The van der Waals surface area contributed by atoms with Gasteiger partial charge in [-0.3, -0.25) is 13.9 Å². The average molecular weight is 500 g/mol. The summed E-state index contributed by atoms with van der Waals surface area (Å²) in [5.74, 6) is -0.828. The number of nitrogens with zero attached hydrogens (tertiary/aromatic N) is 1. The fraction of sp³-hybridized carbons (Fsp3) is 0.955. The van der Waals surface area contributed by atoms with E-state index in [1.165, 1.54) is 4.90 Å². The van der Waals surface area contributed by atoms with Gasteiger partial charge in [-0.2, -0.15) is 0 Å². The first kappa shape index (κ1) is 31.8. The van der Waals surface area contributed by atoms with Crippen molar-refractivity contribution in [1.82, 2.24) is 4.90 Å². The van der Waals surface area contributed by atoms with E-state index in [0.717, 1.165) is 51.4 Å². The zero-order valence-corrected chi connectivity index (χ0v) is 22.5. The fourth-order valence-corrected chi connectivity index (χ4v) is 7.16. The molecular formula is C22H47NO7P2. The molecule has 32 heavy (non-hydrogen) atoms. The van der Waals surface area contributed by atoms with Crippen molar-refractivity contribution < 1.29 is 32.8 Å². The Morgan fingerprint density at radius 2 is 1.12 bits per heavy atom. The van der Waals surface area contributed by atoms with Gasteiger partial charge in [0.2, 0.25) is 11.3 Å². The first-order valence-electron chi connectivity index (χ1n) is 12.4. The van der Waals surface area contributed by atoms with Gasteiger partial charge < -0.3 is 23.7 Å². The molecule has 1 atom stereocenters. The van der Waals surface area contributed by atoms with Crippen LogP contribution in [0.3, 0.4) is 0 Å². The number of carbonyl (C=O) groups is 1. The summed E-state index contributed by atoms with van der Waals surface area (Å²) in [6.45, 7) is 8.89. The summed E-state index contributed by atoms with van der Waals surface area (Å²) in [6, 6.07) is 0. The molecule has 0 aromatic carbocycles. The standard InChI is InChI=1S/C22H47NO7P2/c1-5-9-13-15-19-29-32(28,30-20-16-14-10-6-2)22(31(25,26)27)21(24)23(17-11-7-3)18-12-8-4/h22H,5-20H2,1-4H3,(H2,25,26,27). The Hall–Kier alpha value is -0.230. The summed E-state index contributed by atoms with van der Waals surface area (Å²) in [4.78, 5) is 34.9. The molecule has 1 amide bonds. The highest BCUT2D eigenvalue weighted by atomic mass is 31.2. The van der Waals surface area contributed by atoms with Crippen molar-refractivity contribution in [3.63, 3.8) is 0 Å². The van der Waals surface area contributed by atoms with Crippen LogP contribution in [-0.4, -0.2) is 52.3 Å². The molecule has 0 aliphatic carbocycles. The van der Waals surface area contributed by atoms with E-state index in [0.29, 0.717) is 38.8 Å². The van der Waals surface area contributed by atoms with Gasteiger partial charge in [0, 0.05) is 13.1 Å². The molecule has 2 N–H and O–H groups in total. The molecule has 1 unspecified atom stereocenters. The molecule has 0 fully saturated rings. The van der Waals surface area contributed by atoms with Crippen molar-refractivity contribution in [2.75, 3.05) is 26.3 Å². The third-order valence-corrected chi connectivity index (χ3v) is 9.77. The minimum Gasteiger partial charge on any atom is -0.341 e. The Morgan fingerprint density at radius 3 is 1.47 bits per heavy atom. The van der Waals surface area contributed by atoms with Gasteiger partial charge in [-0.15, -0.1) is 0 Å². The second-order valence-electron chi connectivity index (χ2n) is 8.32. The second-order valence-corrected chi connectivity index (χ2v) is 12.5.